The summed E-state index contributed by atoms with van der Waals surface area (Å²) in [7, 11) is 0. The Morgan fingerprint density at radius 3 is 1.63 bits per heavy atom. The highest BCUT2D eigenvalue weighted by atomic mass is 15.2. The molecule has 290 valence electrons. The molecule has 4 atom stereocenters. The van der Waals surface area contributed by atoms with Gasteiger partial charge in [-0.15, -0.1) is 0 Å². The molecular weight excluding hydrogens is 733 g/mol. The van der Waals surface area contributed by atoms with E-state index in [4.69, 9.17) is 24.9 Å². The highest BCUT2D eigenvalue weighted by Gasteiger charge is 2.27. The third-order valence-corrected chi connectivity index (χ3v) is 11.6. The first-order valence-electron chi connectivity index (χ1n) is 20.8. The van der Waals surface area contributed by atoms with Gasteiger partial charge in [-0.1, -0.05) is 202 Å². The number of allylic oxidation sites excluding steroid dienone is 5. The van der Waals surface area contributed by atoms with Crippen LogP contribution in [0.2, 0.25) is 0 Å². The van der Waals surface area contributed by atoms with Crippen LogP contribution in [-0.4, -0.2) is 26.6 Å². The molecule has 6 nitrogen and oxygen atoms in total. The summed E-state index contributed by atoms with van der Waals surface area (Å²) in [5.74, 6) is 4.41. The summed E-state index contributed by atoms with van der Waals surface area (Å²) in [6, 6.07) is 54.4. The SMILES string of the molecule is CC1C=Cc2c(C3=CC(C)C(c4nc(-c5ccccc5)nc(-c5ccccc5)n4)C=C3)ccc(-c3ccc(C4=NC(c5ccccc5)N=C(c5ccccc5)N4)cc3)c2C1. The van der Waals surface area contributed by atoms with Crippen molar-refractivity contribution in [2.45, 2.75) is 32.4 Å². The van der Waals surface area contributed by atoms with E-state index in [1.54, 1.807) is 0 Å². The van der Waals surface area contributed by atoms with Crippen molar-refractivity contribution in [1.82, 2.24) is 20.3 Å². The number of aliphatic imine (C=N–C) groups is 2. The van der Waals surface area contributed by atoms with Gasteiger partial charge in [0.2, 0.25) is 0 Å². The highest BCUT2D eigenvalue weighted by Crippen LogP contribution is 2.41. The minimum Gasteiger partial charge on any atom is -0.324 e. The molecule has 7 aromatic rings. The van der Waals surface area contributed by atoms with Gasteiger partial charge in [-0.2, -0.15) is 0 Å². The molecule has 0 saturated carbocycles. The van der Waals surface area contributed by atoms with Crippen LogP contribution >= 0.6 is 0 Å². The maximum atomic E-state index is 5.10. The summed E-state index contributed by atoms with van der Waals surface area (Å²) in [5.41, 5.74) is 12.7. The Hall–Kier alpha value is -7.31. The Morgan fingerprint density at radius 2 is 1.03 bits per heavy atom. The van der Waals surface area contributed by atoms with E-state index in [0.29, 0.717) is 17.6 Å². The number of nitrogens with zero attached hydrogens (tertiary/aromatic N) is 5. The van der Waals surface area contributed by atoms with Gasteiger partial charge in [-0.25, -0.2) is 24.9 Å². The summed E-state index contributed by atoms with van der Waals surface area (Å²) in [6.45, 7) is 4.57. The van der Waals surface area contributed by atoms with Gasteiger partial charge in [0.25, 0.3) is 0 Å². The van der Waals surface area contributed by atoms with E-state index in [1.807, 2.05) is 72.8 Å². The lowest BCUT2D eigenvalue weighted by atomic mass is 9.79. The predicted octanol–water partition coefficient (Wildman–Crippen LogP) is 11.9. The quantitative estimate of drug-likeness (QED) is 0.167. The maximum Gasteiger partial charge on any atom is 0.169 e. The fraction of sp³-hybridized carbons (Fsp3) is 0.130. The molecule has 1 N–H and O–H groups in total. The van der Waals surface area contributed by atoms with Gasteiger partial charge < -0.3 is 5.32 Å². The zero-order valence-corrected chi connectivity index (χ0v) is 33.7. The largest absolute Gasteiger partial charge is 0.324 e. The van der Waals surface area contributed by atoms with Crippen molar-refractivity contribution >= 4 is 23.3 Å². The van der Waals surface area contributed by atoms with Crippen molar-refractivity contribution < 1.29 is 0 Å². The van der Waals surface area contributed by atoms with Gasteiger partial charge in [-0.05, 0) is 57.2 Å². The van der Waals surface area contributed by atoms with E-state index < -0.39 is 0 Å². The summed E-state index contributed by atoms with van der Waals surface area (Å²) in [5, 5.41) is 3.55. The molecule has 0 bridgehead atoms. The van der Waals surface area contributed by atoms with Gasteiger partial charge in [-0.3, -0.25) is 0 Å². The molecule has 2 aliphatic carbocycles. The lowest BCUT2D eigenvalue weighted by Crippen LogP contribution is -2.36. The van der Waals surface area contributed by atoms with Gasteiger partial charge in [0.15, 0.2) is 17.8 Å². The second-order valence-corrected chi connectivity index (χ2v) is 15.8. The molecule has 10 rings (SSSR count). The Bertz CT molecular complexity index is 2770. The Morgan fingerprint density at radius 1 is 0.500 bits per heavy atom. The number of fused-ring (bicyclic) bond motifs is 1. The van der Waals surface area contributed by atoms with Crippen LogP contribution in [0.25, 0.3) is 45.6 Å². The molecule has 0 saturated heterocycles. The van der Waals surface area contributed by atoms with Crippen molar-refractivity contribution in [3.05, 3.63) is 221 Å². The topological polar surface area (TPSA) is 75.4 Å². The molecule has 4 unspecified atom stereocenters. The summed E-state index contributed by atoms with van der Waals surface area (Å²) >= 11 is 0. The van der Waals surface area contributed by atoms with E-state index in [1.165, 1.54) is 33.4 Å². The van der Waals surface area contributed by atoms with Crippen molar-refractivity contribution in [3.63, 3.8) is 0 Å². The molecule has 0 radical (unpaired) electrons. The lowest BCUT2D eigenvalue weighted by molar-refractivity contribution is 0.602. The number of aromatic nitrogens is 3. The van der Waals surface area contributed by atoms with E-state index in [0.717, 1.165) is 51.7 Å². The number of amidine groups is 2. The maximum absolute atomic E-state index is 5.10. The molecule has 3 aliphatic rings. The Kier molecular flexibility index (Phi) is 9.96. The summed E-state index contributed by atoms with van der Waals surface area (Å²) in [6.07, 6.45) is 12.3. The predicted molar refractivity (Wildman–Crippen MR) is 245 cm³/mol. The highest BCUT2D eigenvalue weighted by molar-refractivity contribution is 6.16. The smallest absolute Gasteiger partial charge is 0.169 e. The van der Waals surface area contributed by atoms with Gasteiger partial charge >= 0.3 is 0 Å². The average molecular weight is 777 g/mol. The minimum atomic E-state index is -0.331. The monoisotopic (exact) mass is 776 g/mol. The Labute approximate surface area is 351 Å². The third-order valence-electron chi connectivity index (χ3n) is 11.6. The molecule has 0 spiro atoms. The van der Waals surface area contributed by atoms with E-state index in [-0.39, 0.29) is 18.0 Å². The molecule has 6 aromatic carbocycles. The number of rotatable bonds is 8. The number of benzene rings is 6. The molecule has 6 heteroatoms. The molecule has 60 heavy (non-hydrogen) atoms. The van der Waals surface area contributed by atoms with Crippen molar-refractivity contribution in [1.29, 1.82) is 0 Å². The first-order chi connectivity index (χ1) is 29.5. The number of hydrogen-bond donors (Lipinski definition) is 1. The lowest BCUT2D eigenvalue weighted by Gasteiger charge is -2.26. The first kappa shape index (κ1) is 37.0. The minimum absolute atomic E-state index is 0.00660. The number of nitrogens with one attached hydrogen (secondary N) is 1. The normalized spacial score (nSPS) is 19.4. The van der Waals surface area contributed by atoms with Crippen molar-refractivity contribution in [3.8, 4) is 33.9 Å². The molecule has 1 aliphatic heterocycles. The standard InChI is InChI=1S/C54H44N6/c1-35-23-29-47-46(43-28-30-44(36(2)34-43)54-59-51(40-19-11-5-12-20-40)58-52(60-54)41-21-13-6-14-22-41)32-31-45(48(47)33-35)37-24-26-42(27-25-37)53-56-49(38-15-7-3-8-16-38)55-50(57-53)39-17-9-4-10-18-39/h3-32,34-36,44,49H,33H2,1-2H3,(H,55,56,57). The van der Waals surface area contributed by atoms with Crippen LogP contribution in [-0.2, 0) is 6.42 Å². The average Bonchev–Trinajstić information content (AvgIpc) is 3.32. The van der Waals surface area contributed by atoms with E-state index in [2.05, 4.69) is 134 Å². The third kappa shape index (κ3) is 7.44. The van der Waals surface area contributed by atoms with Crippen LogP contribution in [0.5, 0.6) is 0 Å². The second kappa shape index (κ2) is 16.1. The molecule has 1 aromatic heterocycles. The zero-order valence-electron chi connectivity index (χ0n) is 33.7. The zero-order chi connectivity index (χ0) is 40.4. The molecule has 2 heterocycles. The first-order valence-corrected chi connectivity index (χ1v) is 20.8. The molecular formula is C54H44N6. The fourth-order valence-corrected chi connectivity index (χ4v) is 8.47. The van der Waals surface area contributed by atoms with Crippen molar-refractivity contribution in [2.75, 3.05) is 0 Å². The van der Waals surface area contributed by atoms with E-state index >= 15 is 0 Å². The van der Waals surface area contributed by atoms with Gasteiger partial charge in [0.1, 0.15) is 17.5 Å². The van der Waals surface area contributed by atoms with Crippen LogP contribution in [0.3, 0.4) is 0 Å². The fourth-order valence-electron chi connectivity index (χ4n) is 8.47. The van der Waals surface area contributed by atoms with Gasteiger partial charge in [0, 0.05) is 28.2 Å². The second-order valence-electron chi connectivity index (χ2n) is 15.8. The summed E-state index contributed by atoms with van der Waals surface area (Å²) in [4.78, 5) is 25.2. The van der Waals surface area contributed by atoms with Gasteiger partial charge in [0.05, 0.1) is 0 Å². The van der Waals surface area contributed by atoms with Crippen LogP contribution in [0.1, 0.15) is 65.1 Å². The Balaban J connectivity index is 0.953. The van der Waals surface area contributed by atoms with Crippen molar-refractivity contribution in [2.24, 2.45) is 21.8 Å². The van der Waals surface area contributed by atoms with Crippen LogP contribution in [0.4, 0.5) is 0 Å². The summed E-state index contributed by atoms with van der Waals surface area (Å²) < 4.78 is 0. The van der Waals surface area contributed by atoms with Crippen LogP contribution in [0, 0.1) is 11.8 Å². The number of hydrogen-bond acceptors (Lipinski definition) is 6. The molecule has 0 fully saturated rings. The van der Waals surface area contributed by atoms with E-state index in [9.17, 15) is 0 Å². The van der Waals surface area contributed by atoms with Crippen LogP contribution in [0.15, 0.2) is 192 Å². The molecule has 0 amide bonds. The van der Waals surface area contributed by atoms with Crippen LogP contribution < -0.4 is 5.32 Å².